The van der Waals surface area contributed by atoms with Crippen molar-refractivity contribution in [1.29, 1.82) is 0 Å². The molecule has 2 aromatic carbocycles. The van der Waals surface area contributed by atoms with E-state index in [2.05, 4.69) is 15.6 Å². The van der Waals surface area contributed by atoms with Crippen LogP contribution in [-0.4, -0.2) is 31.3 Å². The molecule has 0 aliphatic heterocycles. The van der Waals surface area contributed by atoms with Gasteiger partial charge in [0, 0.05) is 11.6 Å². The van der Waals surface area contributed by atoms with E-state index >= 15 is 0 Å². The predicted octanol–water partition coefficient (Wildman–Crippen LogP) is 4.32. The van der Waals surface area contributed by atoms with Gasteiger partial charge in [0.05, 0.1) is 25.8 Å². The Morgan fingerprint density at radius 3 is 2.56 bits per heavy atom. The number of aliphatic hydroxyl groups excluding tert-OH is 1. The third-order valence-electron chi connectivity index (χ3n) is 3.95. The predicted molar refractivity (Wildman–Crippen MR) is 122 cm³/mol. The Bertz CT molecular complexity index is 743. The molecule has 148 valence electrons. The largest absolute Gasteiger partial charge is 0.497 e. The van der Waals surface area contributed by atoms with Crippen LogP contribution in [0.2, 0.25) is 5.02 Å². The summed E-state index contributed by atoms with van der Waals surface area (Å²) in [6.07, 6.45) is -0.706. The number of hydrogen-bond donors (Lipinski definition) is 3. The minimum atomic E-state index is -0.706. The number of aliphatic imine (C=N–C) groups is 1. The highest BCUT2D eigenvalue weighted by atomic mass is 127. The monoisotopic (exact) mass is 503 g/mol. The summed E-state index contributed by atoms with van der Waals surface area (Å²) < 4.78 is 5.20. The Kier molecular flexibility index (Phi) is 10.5. The molecule has 2 aromatic rings. The van der Waals surface area contributed by atoms with E-state index in [0.717, 1.165) is 17.7 Å². The normalized spacial score (nSPS) is 13.3. The third kappa shape index (κ3) is 7.56. The van der Waals surface area contributed by atoms with E-state index in [9.17, 15) is 5.11 Å². The standard InChI is InChI=1S/C20H26ClN3O2.HI/c1-4-22-20(24-14(2)15-7-5-9-17(21)11-15)23-13-19(25)16-8-6-10-18(12-16)26-3;/h5-12,14,19,25H,4,13H2,1-3H3,(H2,22,23,24);1H. The van der Waals surface area contributed by atoms with Gasteiger partial charge in [-0.15, -0.1) is 24.0 Å². The van der Waals surface area contributed by atoms with Crippen molar-refractivity contribution in [2.24, 2.45) is 4.99 Å². The highest BCUT2D eigenvalue weighted by molar-refractivity contribution is 14.0. The van der Waals surface area contributed by atoms with Gasteiger partial charge in [-0.25, -0.2) is 0 Å². The van der Waals surface area contributed by atoms with Crippen molar-refractivity contribution in [3.8, 4) is 5.75 Å². The van der Waals surface area contributed by atoms with Crippen molar-refractivity contribution in [3.05, 3.63) is 64.7 Å². The Morgan fingerprint density at radius 1 is 1.19 bits per heavy atom. The summed E-state index contributed by atoms with van der Waals surface area (Å²) in [5.41, 5.74) is 1.84. The Balaban J connectivity index is 0.00000364. The van der Waals surface area contributed by atoms with Gasteiger partial charge in [-0.3, -0.25) is 4.99 Å². The van der Waals surface area contributed by atoms with Gasteiger partial charge in [-0.2, -0.15) is 0 Å². The lowest BCUT2D eigenvalue weighted by molar-refractivity contribution is 0.186. The maximum atomic E-state index is 10.4. The second-order valence-electron chi connectivity index (χ2n) is 5.93. The molecule has 2 rings (SSSR count). The van der Waals surface area contributed by atoms with Gasteiger partial charge in [-0.1, -0.05) is 35.9 Å². The molecule has 0 radical (unpaired) electrons. The van der Waals surface area contributed by atoms with E-state index in [1.54, 1.807) is 7.11 Å². The van der Waals surface area contributed by atoms with Crippen LogP contribution < -0.4 is 15.4 Å². The van der Waals surface area contributed by atoms with E-state index < -0.39 is 6.10 Å². The van der Waals surface area contributed by atoms with E-state index in [4.69, 9.17) is 16.3 Å². The van der Waals surface area contributed by atoms with Gasteiger partial charge in [0.1, 0.15) is 5.75 Å². The molecule has 27 heavy (non-hydrogen) atoms. The third-order valence-corrected chi connectivity index (χ3v) is 4.18. The number of guanidine groups is 1. The molecule has 2 unspecified atom stereocenters. The van der Waals surface area contributed by atoms with Crippen LogP contribution >= 0.6 is 35.6 Å². The summed E-state index contributed by atoms with van der Waals surface area (Å²) in [5.74, 6) is 1.35. The minimum absolute atomic E-state index is 0. The van der Waals surface area contributed by atoms with Gasteiger partial charge >= 0.3 is 0 Å². The maximum Gasteiger partial charge on any atom is 0.191 e. The number of nitrogens with one attached hydrogen (secondary N) is 2. The van der Waals surface area contributed by atoms with Crippen LogP contribution in [-0.2, 0) is 0 Å². The first-order chi connectivity index (χ1) is 12.5. The van der Waals surface area contributed by atoms with Gasteiger partial charge in [0.2, 0.25) is 0 Å². The molecule has 0 aliphatic carbocycles. The molecule has 3 N–H and O–H groups in total. The molecule has 2 atom stereocenters. The van der Waals surface area contributed by atoms with Gasteiger partial charge in [0.15, 0.2) is 5.96 Å². The lowest BCUT2D eigenvalue weighted by Gasteiger charge is -2.19. The molecule has 0 saturated carbocycles. The highest BCUT2D eigenvalue weighted by Crippen LogP contribution is 2.20. The first kappa shape index (κ1) is 23.5. The summed E-state index contributed by atoms with van der Waals surface area (Å²) in [6.45, 7) is 5.00. The van der Waals surface area contributed by atoms with Crippen LogP contribution in [0.25, 0.3) is 0 Å². The molecule has 5 nitrogen and oxygen atoms in total. The molecule has 0 aliphatic rings. The fourth-order valence-corrected chi connectivity index (χ4v) is 2.72. The van der Waals surface area contributed by atoms with Crippen LogP contribution in [0.4, 0.5) is 0 Å². The quantitative estimate of drug-likeness (QED) is 0.299. The summed E-state index contributed by atoms with van der Waals surface area (Å²) in [4.78, 5) is 4.50. The summed E-state index contributed by atoms with van der Waals surface area (Å²) in [7, 11) is 1.61. The first-order valence-electron chi connectivity index (χ1n) is 8.65. The molecule has 0 spiro atoms. The van der Waals surface area contributed by atoms with E-state index in [1.165, 1.54) is 0 Å². The van der Waals surface area contributed by atoms with Crippen molar-refractivity contribution in [2.45, 2.75) is 26.0 Å². The number of nitrogens with zero attached hydrogens (tertiary/aromatic N) is 1. The number of hydrogen-bond acceptors (Lipinski definition) is 3. The molecule has 0 aromatic heterocycles. The van der Waals surface area contributed by atoms with Gasteiger partial charge in [-0.05, 0) is 49.2 Å². The summed E-state index contributed by atoms with van der Waals surface area (Å²) >= 11 is 6.06. The average molecular weight is 504 g/mol. The van der Waals surface area contributed by atoms with E-state index in [1.807, 2.05) is 62.4 Å². The van der Waals surface area contributed by atoms with Crippen molar-refractivity contribution in [1.82, 2.24) is 10.6 Å². The number of benzene rings is 2. The zero-order chi connectivity index (χ0) is 18.9. The Morgan fingerprint density at radius 2 is 1.89 bits per heavy atom. The number of halogens is 2. The molecule has 0 amide bonds. The average Bonchev–Trinajstić information content (AvgIpc) is 2.66. The van der Waals surface area contributed by atoms with Gasteiger partial charge < -0.3 is 20.5 Å². The molecular weight excluding hydrogens is 477 g/mol. The zero-order valence-corrected chi connectivity index (χ0v) is 18.9. The number of ether oxygens (including phenoxy) is 1. The second-order valence-corrected chi connectivity index (χ2v) is 6.37. The second kappa shape index (κ2) is 12.0. The summed E-state index contributed by atoms with van der Waals surface area (Å²) in [6, 6.07) is 15.1. The number of aliphatic hydroxyl groups is 1. The minimum Gasteiger partial charge on any atom is -0.497 e. The van der Waals surface area contributed by atoms with E-state index in [-0.39, 0.29) is 36.6 Å². The van der Waals surface area contributed by atoms with Crippen molar-refractivity contribution in [2.75, 3.05) is 20.2 Å². The Hall–Kier alpha value is -1.51. The van der Waals surface area contributed by atoms with Crippen molar-refractivity contribution in [3.63, 3.8) is 0 Å². The van der Waals surface area contributed by atoms with Crippen LogP contribution in [0.5, 0.6) is 5.75 Å². The van der Waals surface area contributed by atoms with E-state index in [0.29, 0.717) is 16.7 Å². The lowest BCUT2D eigenvalue weighted by Crippen LogP contribution is -2.39. The molecule has 0 bridgehead atoms. The maximum absolute atomic E-state index is 10.4. The number of rotatable bonds is 7. The fourth-order valence-electron chi connectivity index (χ4n) is 2.52. The van der Waals surface area contributed by atoms with Crippen molar-refractivity contribution < 1.29 is 9.84 Å². The fraction of sp³-hybridized carbons (Fsp3) is 0.350. The molecule has 0 saturated heterocycles. The Labute approximate surface area is 183 Å². The zero-order valence-electron chi connectivity index (χ0n) is 15.8. The van der Waals surface area contributed by atoms with Crippen LogP contribution in [0.3, 0.4) is 0 Å². The first-order valence-corrected chi connectivity index (χ1v) is 9.03. The SMILES string of the molecule is CCNC(=NCC(O)c1cccc(OC)c1)NC(C)c1cccc(Cl)c1.I. The molecule has 0 heterocycles. The van der Waals surface area contributed by atoms with Crippen LogP contribution in [0.1, 0.15) is 37.1 Å². The number of methoxy groups -OCH3 is 1. The van der Waals surface area contributed by atoms with Crippen LogP contribution in [0.15, 0.2) is 53.5 Å². The lowest BCUT2D eigenvalue weighted by atomic mass is 10.1. The topological polar surface area (TPSA) is 65.9 Å². The molecular formula is C20H27ClIN3O2. The highest BCUT2D eigenvalue weighted by Gasteiger charge is 2.11. The molecule has 7 heteroatoms. The van der Waals surface area contributed by atoms with Gasteiger partial charge in [0.25, 0.3) is 0 Å². The summed E-state index contributed by atoms with van der Waals surface area (Å²) in [5, 5.41) is 17.6. The smallest absolute Gasteiger partial charge is 0.191 e. The molecule has 0 fully saturated rings. The van der Waals surface area contributed by atoms with Crippen molar-refractivity contribution >= 4 is 41.5 Å². The van der Waals surface area contributed by atoms with Crippen LogP contribution in [0, 0.1) is 0 Å².